The number of anilines is 1. The number of carbonyl (C=O) groups is 3. The lowest BCUT2D eigenvalue weighted by molar-refractivity contribution is 0.0587. The van der Waals surface area contributed by atoms with Crippen molar-refractivity contribution in [2.45, 2.75) is 0 Å². The number of carbonyl (C=O) groups excluding carboxylic acids is 3. The zero-order valence-corrected chi connectivity index (χ0v) is 14.5. The molecule has 0 heterocycles. The number of benzene rings is 2. The molecule has 6 nitrogen and oxygen atoms in total. The summed E-state index contributed by atoms with van der Waals surface area (Å²) in [6.07, 6.45) is 0. The molecule has 1 N–H and O–H groups in total. The summed E-state index contributed by atoms with van der Waals surface area (Å²) in [7, 11) is 2.48. The van der Waals surface area contributed by atoms with Crippen LogP contribution >= 0.6 is 15.9 Å². The summed E-state index contributed by atoms with van der Waals surface area (Å²) in [5.74, 6) is -1.63. The van der Waals surface area contributed by atoms with Crippen molar-refractivity contribution in [1.29, 1.82) is 0 Å². The van der Waals surface area contributed by atoms with Gasteiger partial charge in [-0.1, -0.05) is 15.9 Å². The first-order valence-corrected chi connectivity index (χ1v) is 7.63. The second kappa shape index (κ2) is 7.74. The molecule has 0 spiro atoms. The van der Waals surface area contributed by atoms with Crippen LogP contribution in [0.1, 0.15) is 31.1 Å². The van der Waals surface area contributed by atoms with Gasteiger partial charge in [0.1, 0.15) is 0 Å². The summed E-state index contributed by atoms with van der Waals surface area (Å²) in [5, 5.41) is 2.62. The Labute approximate surface area is 146 Å². The maximum Gasteiger partial charge on any atom is 0.339 e. The van der Waals surface area contributed by atoms with Gasteiger partial charge in [0.2, 0.25) is 0 Å². The Kier molecular flexibility index (Phi) is 5.70. The van der Waals surface area contributed by atoms with Gasteiger partial charge in [0.25, 0.3) is 5.91 Å². The highest BCUT2D eigenvalue weighted by Gasteiger charge is 2.18. The second-order valence-electron chi connectivity index (χ2n) is 4.70. The van der Waals surface area contributed by atoms with Crippen LogP contribution in [0.3, 0.4) is 0 Å². The Morgan fingerprint density at radius 3 is 2.04 bits per heavy atom. The maximum atomic E-state index is 12.3. The lowest BCUT2D eigenvalue weighted by atomic mass is 10.1. The van der Waals surface area contributed by atoms with Crippen LogP contribution in [0.4, 0.5) is 5.69 Å². The molecule has 0 aromatic heterocycles. The average Bonchev–Trinajstić information content (AvgIpc) is 2.60. The van der Waals surface area contributed by atoms with Crippen LogP contribution in [0.25, 0.3) is 0 Å². The summed E-state index contributed by atoms with van der Waals surface area (Å²) in [6.45, 7) is 0. The fraction of sp³-hybridized carbons (Fsp3) is 0.118. The quantitative estimate of drug-likeness (QED) is 0.808. The van der Waals surface area contributed by atoms with E-state index in [0.717, 1.165) is 4.47 Å². The van der Waals surface area contributed by atoms with Crippen LogP contribution in [0, 0.1) is 0 Å². The molecular weight excluding hydrogens is 378 g/mol. The van der Waals surface area contributed by atoms with Crippen molar-refractivity contribution in [1.82, 2.24) is 0 Å². The summed E-state index contributed by atoms with van der Waals surface area (Å²) < 4.78 is 10.2. The highest BCUT2D eigenvalue weighted by atomic mass is 79.9. The molecule has 0 atom stereocenters. The SMILES string of the molecule is COC(=O)c1ccc(C(=O)OC)c(NC(=O)c2ccc(Br)cc2)c1. The largest absolute Gasteiger partial charge is 0.465 e. The smallest absolute Gasteiger partial charge is 0.339 e. The molecule has 2 aromatic rings. The topological polar surface area (TPSA) is 81.7 Å². The van der Waals surface area contributed by atoms with Crippen molar-refractivity contribution in [3.05, 3.63) is 63.6 Å². The molecule has 124 valence electrons. The number of hydrogen-bond acceptors (Lipinski definition) is 5. The van der Waals surface area contributed by atoms with Crippen LogP contribution < -0.4 is 5.32 Å². The van der Waals surface area contributed by atoms with Crippen LogP contribution in [-0.2, 0) is 9.47 Å². The van der Waals surface area contributed by atoms with Crippen LogP contribution in [-0.4, -0.2) is 32.1 Å². The first-order valence-electron chi connectivity index (χ1n) is 6.84. The van der Waals surface area contributed by atoms with Crippen molar-refractivity contribution < 1.29 is 23.9 Å². The zero-order chi connectivity index (χ0) is 17.7. The monoisotopic (exact) mass is 391 g/mol. The molecule has 0 radical (unpaired) electrons. The highest BCUT2D eigenvalue weighted by Crippen LogP contribution is 2.21. The Morgan fingerprint density at radius 2 is 1.46 bits per heavy atom. The molecule has 0 fully saturated rings. The van der Waals surface area contributed by atoms with E-state index in [4.69, 9.17) is 4.74 Å². The lowest BCUT2D eigenvalue weighted by Crippen LogP contribution is -2.16. The predicted molar refractivity (Wildman–Crippen MR) is 91.2 cm³/mol. The minimum Gasteiger partial charge on any atom is -0.465 e. The fourth-order valence-corrected chi connectivity index (χ4v) is 2.24. The number of esters is 2. The number of rotatable bonds is 4. The fourth-order valence-electron chi connectivity index (χ4n) is 1.98. The molecule has 0 saturated carbocycles. The minimum atomic E-state index is -0.627. The van der Waals surface area contributed by atoms with E-state index in [1.807, 2.05) is 0 Å². The average molecular weight is 392 g/mol. The number of amides is 1. The van der Waals surface area contributed by atoms with Crippen molar-refractivity contribution in [2.24, 2.45) is 0 Å². The third kappa shape index (κ3) is 3.99. The van der Waals surface area contributed by atoms with Crippen molar-refractivity contribution >= 4 is 39.5 Å². The number of ether oxygens (including phenoxy) is 2. The molecule has 0 aliphatic carbocycles. The van der Waals surface area contributed by atoms with E-state index >= 15 is 0 Å². The molecule has 0 aliphatic rings. The standard InChI is InChI=1S/C17H14BrNO5/c1-23-16(21)11-5-8-13(17(22)24-2)14(9-11)19-15(20)10-3-6-12(18)7-4-10/h3-9H,1-2H3,(H,19,20). The van der Waals surface area contributed by atoms with Gasteiger partial charge in [-0.3, -0.25) is 4.79 Å². The Bertz CT molecular complexity index is 786. The first-order chi connectivity index (χ1) is 11.5. The molecular formula is C17H14BrNO5. The molecule has 2 rings (SSSR count). The van der Waals surface area contributed by atoms with Crippen molar-refractivity contribution in [3.63, 3.8) is 0 Å². The van der Waals surface area contributed by atoms with E-state index in [9.17, 15) is 14.4 Å². The van der Waals surface area contributed by atoms with E-state index in [2.05, 4.69) is 26.0 Å². The van der Waals surface area contributed by atoms with E-state index in [-0.39, 0.29) is 16.8 Å². The normalized spacial score (nSPS) is 9.96. The number of halogens is 1. The highest BCUT2D eigenvalue weighted by molar-refractivity contribution is 9.10. The summed E-state index contributed by atoms with van der Waals surface area (Å²) >= 11 is 3.29. The van der Waals surface area contributed by atoms with Crippen LogP contribution in [0.2, 0.25) is 0 Å². The van der Waals surface area contributed by atoms with Gasteiger partial charge >= 0.3 is 11.9 Å². The van der Waals surface area contributed by atoms with Gasteiger partial charge in [0.15, 0.2) is 0 Å². The van der Waals surface area contributed by atoms with Gasteiger partial charge in [-0.25, -0.2) is 9.59 Å². The second-order valence-corrected chi connectivity index (χ2v) is 5.62. The molecule has 24 heavy (non-hydrogen) atoms. The van der Waals surface area contributed by atoms with E-state index in [0.29, 0.717) is 5.56 Å². The lowest BCUT2D eigenvalue weighted by Gasteiger charge is -2.11. The third-order valence-electron chi connectivity index (χ3n) is 3.20. The van der Waals surface area contributed by atoms with Gasteiger partial charge in [0, 0.05) is 10.0 Å². The molecule has 0 bridgehead atoms. The molecule has 0 aliphatic heterocycles. The summed E-state index contributed by atoms with van der Waals surface area (Å²) in [4.78, 5) is 35.8. The molecule has 0 saturated heterocycles. The van der Waals surface area contributed by atoms with Gasteiger partial charge in [0.05, 0.1) is 31.0 Å². The summed E-state index contributed by atoms with van der Waals surface area (Å²) in [6, 6.07) is 10.9. The number of methoxy groups -OCH3 is 2. The molecule has 1 amide bonds. The number of nitrogens with one attached hydrogen (secondary N) is 1. The predicted octanol–water partition coefficient (Wildman–Crippen LogP) is 3.27. The Morgan fingerprint density at radius 1 is 0.875 bits per heavy atom. The van der Waals surface area contributed by atoms with E-state index < -0.39 is 17.8 Å². The van der Waals surface area contributed by atoms with Crippen molar-refractivity contribution in [3.8, 4) is 0 Å². The Hall–Kier alpha value is -2.67. The van der Waals surface area contributed by atoms with Gasteiger partial charge in [-0.05, 0) is 42.5 Å². The Balaban J connectivity index is 2.38. The van der Waals surface area contributed by atoms with E-state index in [1.54, 1.807) is 24.3 Å². The van der Waals surface area contributed by atoms with Gasteiger partial charge in [-0.15, -0.1) is 0 Å². The van der Waals surface area contributed by atoms with Crippen molar-refractivity contribution in [2.75, 3.05) is 19.5 Å². The molecule has 7 heteroatoms. The number of hydrogen-bond donors (Lipinski definition) is 1. The van der Waals surface area contributed by atoms with Crippen LogP contribution in [0.15, 0.2) is 46.9 Å². The van der Waals surface area contributed by atoms with Gasteiger partial charge < -0.3 is 14.8 Å². The van der Waals surface area contributed by atoms with Crippen LogP contribution in [0.5, 0.6) is 0 Å². The van der Waals surface area contributed by atoms with E-state index in [1.165, 1.54) is 32.4 Å². The zero-order valence-electron chi connectivity index (χ0n) is 13.0. The third-order valence-corrected chi connectivity index (χ3v) is 3.73. The molecule has 2 aromatic carbocycles. The summed E-state index contributed by atoms with van der Waals surface area (Å²) in [5.41, 5.74) is 0.905. The van der Waals surface area contributed by atoms with Gasteiger partial charge in [-0.2, -0.15) is 0 Å². The molecule has 0 unspecified atom stereocenters. The maximum absolute atomic E-state index is 12.3. The minimum absolute atomic E-state index is 0.135. The first kappa shape index (κ1) is 17.7.